The third-order valence-corrected chi connectivity index (χ3v) is 2.60. The van der Waals surface area contributed by atoms with Gasteiger partial charge in [0.05, 0.1) is 0 Å². The number of hydrogen-bond acceptors (Lipinski definition) is 3. The molecule has 0 N–H and O–H groups in total. The first-order valence-corrected chi connectivity index (χ1v) is 6.28. The highest BCUT2D eigenvalue weighted by Gasteiger charge is 2.29. The number of ether oxygens (including phenoxy) is 1. The summed E-state index contributed by atoms with van der Waals surface area (Å²) in [6.07, 6.45) is 0. The molecule has 4 heteroatoms. The number of para-hydroxylation sites is 1. The molecule has 1 unspecified atom stereocenters. The van der Waals surface area contributed by atoms with Gasteiger partial charge in [0.25, 0.3) is 0 Å². The Labute approximate surface area is 114 Å². The van der Waals surface area contributed by atoms with E-state index in [0.717, 1.165) is 5.69 Å². The maximum absolute atomic E-state index is 12.2. The van der Waals surface area contributed by atoms with Gasteiger partial charge >= 0.3 is 5.97 Å². The number of benzene rings is 1. The number of nitrogens with zero attached hydrogens (tertiary/aromatic N) is 1. The average molecular weight is 263 g/mol. The average Bonchev–Trinajstić information content (AvgIpc) is 2.35. The zero-order valence-corrected chi connectivity index (χ0v) is 12.1. The van der Waals surface area contributed by atoms with Gasteiger partial charge in [0.1, 0.15) is 11.5 Å². The Morgan fingerprint density at radius 1 is 1.16 bits per heavy atom. The summed E-state index contributed by atoms with van der Waals surface area (Å²) in [5.41, 5.74) is 0.166. The van der Waals surface area contributed by atoms with Crippen LogP contribution >= 0.6 is 0 Å². The minimum atomic E-state index is -0.815. The summed E-state index contributed by atoms with van der Waals surface area (Å²) in [6, 6.07) is 9.20. The van der Waals surface area contributed by atoms with E-state index in [2.05, 4.69) is 0 Å². The second-order valence-corrected chi connectivity index (χ2v) is 5.49. The summed E-state index contributed by atoms with van der Waals surface area (Å²) in [4.78, 5) is 25.5. The quantitative estimate of drug-likeness (QED) is 0.622. The molecule has 0 spiro atoms. The molecule has 19 heavy (non-hydrogen) atoms. The predicted octanol–water partition coefficient (Wildman–Crippen LogP) is 2.63. The largest absolute Gasteiger partial charge is 0.459 e. The minimum Gasteiger partial charge on any atom is -0.459 e. The number of hydrogen-bond donors (Lipinski definition) is 0. The van der Waals surface area contributed by atoms with Crippen LogP contribution in [0.3, 0.4) is 0 Å². The SMILES string of the molecule is CC(C(=O)OC(C)(C)C)C(=O)N(C)c1ccccc1. The van der Waals surface area contributed by atoms with Crippen LogP contribution in [-0.2, 0) is 14.3 Å². The van der Waals surface area contributed by atoms with Crippen molar-refractivity contribution in [2.75, 3.05) is 11.9 Å². The standard InChI is InChI=1S/C15H21NO3/c1-11(14(18)19-15(2,3)4)13(17)16(5)12-9-7-6-8-10-12/h6-11H,1-5H3. The van der Waals surface area contributed by atoms with E-state index in [-0.39, 0.29) is 5.91 Å². The molecule has 1 rings (SSSR count). The van der Waals surface area contributed by atoms with Crippen LogP contribution in [0.4, 0.5) is 5.69 Å². The first-order chi connectivity index (χ1) is 8.72. The second-order valence-electron chi connectivity index (χ2n) is 5.49. The minimum absolute atomic E-state index is 0.277. The maximum atomic E-state index is 12.2. The van der Waals surface area contributed by atoms with Crippen molar-refractivity contribution in [3.63, 3.8) is 0 Å². The summed E-state index contributed by atoms with van der Waals surface area (Å²) >= 11 is 0. The molecular formula is C15H21NO3. The molecule has 104 valence electrons. The van der Waals surface area contributed by atoms with E-state index in [1.807, 2.05) is 30.3 Å². The lowest BCUT2D eigenvalue weighted by atomic mass is 10.1. The molecule has 0 saturated carbocycles. The summed E-state index contributed by atoms with van der Waals surface area (Å²) in [5.74, 6) is -1.59. The third kappa shape index (κ3) is 4.39. The van der Waals surface area contributed by atoms with Gasteiger partial charge in [-0.05, 0) is 39.8 Å². The molecule has 1 aromatic rings. The van der Waals surface area contributed by atoms with E-state index >= 15 is 0 Å². The van der Waals surface area contributed by atoms with Gasteiger partial charge in [-0.15, -0.1) is 0 Å². The molecule has 1 aromatic carbocycles. The second kappa shape index (κ2) is 5.87. The van der Waals surface area contributed by atoms with Crippen LogP contribution in [0.25, 0.3) is 0 Å². The Morgan fingerprint density at radius 2 is 1.68 bits per heavy atom. The van der Waals surface area contributed by atoms with Gasteiger partial charge < -0.3 is 9.64 Å². The summed E-state index contributed by atoms with van der Waals surface area (Å²) in [5, 5.41) is 0. The fraction of sp³-hybridized carbons (Fsp3) is 0.467. The molecule has 0 aromatic heterocycles. The summed E-state index contributed by atoms with van der Waals surface area (Å²) < 4.78 is 5.22. The molecule has 4 nitrogen and oxygen atoms in total. The molecule has 0 aliphatic rings. The van der Waals surface area contributed by atoms with Crippen LogP contribution < -0.4 is 4.90 Å². The van der Waals surface area contributed by atoms with Crippen molar-refractivity contribution in [1.82, 2.24) is 0 Å². The highest BCUT2D eigenvalue weighted by molar-refractivity contribution is 6.05. The molecule has 1 atom stereocenters. The smallest absolute Gasteiger partial charge is 0.318 e. The lowest BCUT2D eigenvalue weighted by Crippen LogP contribution is -2.38. The molecular weight excluding hydrogens is 242 g/mol. The zero-order chi connectivity index (χ0) is 14.6. The van der Waals surface area contributed by atoms with Crippen LogP contribution in [0.1, 0.15) is 27.7 Å². The molecule has 0 heterocycles. The molecule has 0 bridgehead atoms. The number of carbonyl (C=O) groups is 2. The maximum Gasteiger partial charge on any atom is 0.318 e. The van der Waals surface area contributed by atoms with Crippen molar-refractivity contribution < 1.29 is 14.3 Å². The van der Waals surface area contributed by atoms with Crippen molar-refractivity contribution >= 4 is 17.6 Å². The predicted molar refractivity (Wildman–Crippen MR) is 74.9 cm³/mol. The van der Waals surface area contributed by atoms with E-state index in [1.54, 1.807) is 34.7 Å². The van der Waals surface area contributed by atoms with Gasteiger partial charge in [-0.2, -0.15) is 0 Å². The lowest BCUT2D eigenvalue weighted by Gasteiger charge is -2.24. The van der Waals surface area contributed by atoms with Crippen molar-refractivity contribution in [2.45, 2.75) is 33.3 Å². The fourth-order valence-corrected chi connectivity index (χ4v) is 1.56. The van der Waals surface area contributed by atoms with Gasteiger partial charge in [-0.1, -0.05) is 18.2 Å². The first kappa shape index (κ1) is 15.2. The van der Waals surface area contributed by atoms with Crippen LogP contribution in [0.15, 0.2) is 30.3 Å². The van der Waals surface area contributed by atoms with E-state index in [4.69, 9.17) is 4.74 Å². The lowest BCUT2D eigenvalue weighted by molar-refractivity contribution is -0.161. The Morgan fingerprint density at radius 3 is 2.16 bits per heavy atom. The fourth-order valence-electron chi connectivity index (χ4n) is 1.56. The van der Waals surface area contributed by atoms with Gasteiger partial charge in [0.15, 0.2) is 0 Å². The van der Waals surface area contributed by atoms with E-state index in [0.29, 0.717) is 0 Å². The topological polar surface area (TPSA) is 46.6 Å². The van der Waals surface area contributed by atoms with Gasteiger partial charge in [0.2, 0.25) is 5.91 Å². The summed E-state index contributed by atoms with van der Waals surface area (Å²) in [7, 11) is 1.65. The molecule has 0 radical (unpaired) electrons. The van der Waals surface area contributed by atoms with E-state index < -0.39 is 17.5 Å². The Kier molecular flexibility index (Phi) is 4.70. The van der Waals surface area contributed by atoms with Crippen molar-refractivity contribution in [2.24, 2.45) is 5.92 Å². The highest BCUT2D eigenvalue weighted by atomic mass is 16.6. The van der Waals surface area contributed by atoms with Gasteiger partial charge in [-0.25, -0.2) is 0 Å². The Balaban J connectivity index is 2.75. The Hall–Kier alpha value is -1.84. The van der Waals surface area contributed by atoms with Crippen molar-refractivity contribution in [1.29, 1.82) is 0 Å². The number of amides is 1. The van der Waals surface area contributed by atoms with Gasteiger partial charge in [0, 0.05) is 12.7 Å². The number of anilines is 1. The zero-order valence-electron chi connectivity index (χ0n) is 12.1. The monoisotopic (exact) mass is 263 g/mol. The molecule has 0 fully saturated rings. The third-order valence-electron chi connectivity index (χ3n) is 2.60. The normalized spacial score (nSPS) is 12.7. The summed E-state index contributed by atoms with van der Waals surface area (Å²) in [6.45, 7) is 6.91. The van der Waals surface area contributed by atoms with Crippen LogP contribution in [0.5, 0.6) is 0 Å². The van der Waals surface area contributed by atoms with E-state index in [1.165, 1.54) is 4.90 Å². The first-order valence-electron chi connectivity index (χ1n) is 6.28. The van der Waals surface area contributed by atoms with Crippen molar-refractivity contribution in [3.05, 3.63) is 30.3 Å². The van der Waals surface area contributed by atoms with Gasteiger partial charge in [-0.3, -0.25) is 9.59 Å². The molecule has 0 aliphatic carbocycles. The van der Waals surface area contributed by atoms with Crippen LogP contribution in [0.2, 0.25) is 0 Å². The Bertz CT molecular complexity index is 448. The van der Waals surface area contributed by atoms with Crippen LogP contribution in [-0.4, -0.2) is 24.5 Å². The van der Waals surface area contributed by atoms with Crippen molar-refractivity contribution in [3.8, 4) is 0 Å². The number of rotatable bonds is 3. The number of esters is 1. The highest BCUT2D eigenvalue weighted by Crippen LogP contribution is 2.17. The molecule has 0 saturated heterocycles. The van der Waals surface area contributed by atoms with E-state index in [9.17, 15) is 9.59 Å². The number of carbonyl (C=O) groups excluding carboxylic acids is 2. The molecule has 0 aliphatic heterocycles. The molecule has 1 amide bonds. The van der Waals surface area contributed by atoms with Crippen LogP contribution in [0, 0.1) is 5.92 Å².